The van der Waals surface area contributed by atoms with Crippen molar-refractivity contribution in [2.75, 3.05) is 19.5 Å². The van der Waals surface area contributed by atoms with Gasteiger partial charge in [-0.2, -0.15) is 5.10 Å². The van der Waals surface area contributed by atoms with Crippen molar-refractivity contribution in [1.82, 2.24) is 9.78 Å². The van der Waals surface area contributed by atoms with Gasteiger partial charge < -0.3 is 14.8 Å². The zero-order valence-corrected chi connectivity index (χ0v) is 12.4. The quantitative estimate of drug-likeness (QED) is 0.826. The number of methoxy groups -OCH3 is 2. The van der Waals surface area contributed by atoms with E-state index in [1.165, 1.54) is 7.11 Å². The number of esters is 1. The van der Waals surface area contributed by atoms with Crippen molar-refractivity contribution in [3.63, 3.8) is 0 Å². The van der Waals surface area contributed by atoms with Crippen LogP contribution in [-0.4, -0.2) is 30.0 Å². The molecule has 0 aliphatic heterocycles. The number of rotatable bonds is 6. The molecule has 0 saturated heterocycles. The SMILES string of the molecule is CCn1cc(C(Nc2ccc(OC)cc2)C(=O)OC)cn1. The van der Waals surface area contributed by atoms with Crippen LogP contribution in [0.15, 0.2) is 36.7 Å². The molecule has 0 radical (unpaired) electrons. The normalized spacial score (nSPS) is 11.8. The highest BCUT2D eigenvalue weighted by Crippen LogP contribution is 2.22. The van der Waals surface area contributed by atoms with Gasteiger partial charge in [0.15, 0.2) is 6.04 Å². The van der Waals surface area contributed by atoms with Crippen molar-refractivity contribution >= 4 is 11.7 Å². The fourth-order valence-electron chi connectivity index (χ4n) is 1.95. The monoisotopic (exact) mass is 289 g/mol. The maximum Gasteiger partial charge on any atom is 0.333 e. The lowest BCUT2D eigenvalue weighted by Crippen LogP contribution is -2.22. The van der Waals surface area contributed by atoms with Crippen molar-refractivity contribution in [3.05, 3.63) is 42.2 Å². The summed E-state index contributed by atoms with van der Waals surface area (Å²) in [6, 6.07) is 6.75. The summed E-state index contributed by atoms with van der Waals surface area (Å²) in [7, 11) is 2.98. The van der Waals surface area contributed by atoms with Crippen LogP contribution in [-0.2, 0) is 16.1 Å². The smallest absolute Gasteiger partial charge is 0.333 e. The second-order valence-electron chi connectivity index (χ2n) is 4.46. The highest BCUT2D eigenvalue weighted by Gasteiger charge is 2.22. The average Bonchev–Trinajstić information content (AvgIpc) is 3.01. The van der Waals surface area contributed by atoms with Crippen LogP contribution >= 0.6 is 0 Å². The van der Waals surface area contributed by atoms with E-state index in [0.29, 0.717) is 0 Å². The molecule has 112 valence electrons. The molecule has 1 aromatic heterocycles. The van der Waals surface area contributed by atoms with Crippen LogP contribution in [0.3, 0.4) is 0 Å². The standard InChI is InChI=1S/C15H19N3O3/c1-4-18-10-11(9-16-18)14(15(19)21-3)17-12-5-7-13(20-2)8-6-12/h5-10,14,17H,4H2,1-3H3. The van der Waals surface area contributed by atoms with Crippen LogP contribution in [0.2, 0.25) is 0 Å². The van der Waals surface area contributed by atoms with Gasteiger partial charge in [0.2, 0.25) is 0 Å². The summed E-state index contributed by atoms with van der Waals surface area (Å²) in [6.45, 7) is 2.73. The highest BCUT2D eigenvalue weighted by molar-refractivity contribution is 5.80. The number of anilines is 1. The van der Waals surface area contributed by atoms with Crippen molar-refractivity contribution in [3.8, 4) is 5.75 Å². The molecule has 1 atom stereocenters. The third kappa shape index (κ3) is 3.53. The molecule has 2 aromatic rings. The first-order valence-electron chi connectivity index (χ1n) is 6.68. The third-order valence-electron chi connectivity index (χ3n) is 3.15. The van der Waals surface area contributed by atoms with Gasteiger partial charge in [-0.1, -0.05) is 0 Å². The van der Waals surface area contributed by atoms with E-state index in [1.807, 2.05) is 37.4 Å². The largest absolute Gasteiger partial charge is 0.497 e. The van der Waals surface area contributed by atoms with Crippen LogP contribution in [0.5, 0.6) is 5.75 Å². The van der Waals surface area contributed by atoms with Crippen LogP contribution in [0, 0.1) is 0 Å². The molecule has 1 aromatic carbocycles. The Morgan fingerprint density at radius 1 is 1.33 bits per heavy atom. The zero-order chi connectivity index (χ0) is 15.2. The Labute approximate surface area is 123 Å². The summed E-state index contributed by atoms with van der Waals surface area (Å²) in [5.41, 5.74) is 1.56. The first-order valence-corrected chi connectivity index (χ1v) is 6.68. The molecule has 2 rings (SSSR count). The summed E-state index contributed by atoms with van der Waals surface area (Å²) in [4.78, 5) is 12.0. The molecule has 1 N–H and O–H groups in total. The van der Waals surface area contributed by atoms with E-state index in [1.54, 1.807) is 18.0 Å². The van der Waals surface area contributed by atoms with Crippen LogP contribution < -0.4 is 10.1 Å². The van der Waals surface area contributed by atoms with Crippen molar-refractivity contribution in [2.45, 2.75) is 19.5 Å². The molecular formula is C15H19N3O3. The summed E-state index contributed by atoms with van der Waals surface area (Å²) >= 11 is 0. The van der Waals surface area contributed by atoms with Crippen LogP contribution in [0.1, 0.15) is 18.5 Å². The van der Waals surface area contributed by atoms with E-state index in [2.05, 4.69) is 10.4 Å². The first kappa shape index (κ1) is 14.9. The van der Waals surface area contributed by atoms with E-state index in [-0.39, 0.29) is 5.97 Å². The third-order valence-corrected chi connectivity index (χ3v) is 3.15. The number of nitrogens with zero attached hydrogens (tertiary/aromatic N) is 2. The number of ether oxygens (including phenoxy) is 2. The van der Waals surface area contributed by atoms with E-state index < -0.39 is 6.04 Å². The Bertz CT molecular complexity index is 592. The van der Waals surface area contributed by atoms with Gasteiger partial charge >= 0.3 is 5.97 Å². The predicted octanol–water partition coefficient (Wildman–Crippen LogP) is 2.24. The van der Waals surface area contributed by atoms with E-state index in [9.17, 15) is 4.79 Å². The lowest BCUT2D eigenvalue weighted by atomic mass is 10.1. The fourth-order valence-corrected chi connectivity index (χ4v) is 1.95. The molecule has 6 heteroatoms. The minimum absolute atomic E-state index is 0.360. The minimum Gasteiger partial charge on any atom is -0.497 e. The van der Waals surface area contributed by atoms with Crippen LogP contribution in [0.25, 0.3) is 0 Å². The second kappa shape index (κ2) is 6.78. The number of aromatic nitrogens is 2. The van der Waals surface area contributed by atoms with Gasteiger partial charge in [0.1, 0.15) is 5.75 Å². The Morgan fingerprint density at radius 2 is 2.05 bits per heavy atom. The number of hydrogen-bond acceptors (Lipinski definition) is 5. The summed E-state index contributed by atoms with van der Waals surface area (Å²) in [6.07, 6.45) is 3.50. The highest BCUT2D eigenvalue weighted by atomic mass is 16.5. The second-order valence-corrected chi connectivity index (χ2v) is 4.46. The van der Waals surface area contributed by atoms with Gasteiger partial charge in [-0.15, -0.1) is 0 Å². The van der Waals surface area contributed by atoms with Crippen molar-refractivity contribution in [1.29, 1.82) is 0 Å². The van der Waals surface area contributed by atoms with Gasteiger partial charge in [0, 0.05) is 24.0 Å². The summed E-state index contributed by atoms with van der Waals surface area (Å²) in [5.74, 6) is 0.399. The fraction of sp³-hybridized carbons (Fsp3) is 0.333. The number of carbonyl (C=O) groups excluding carboxylic acids is 1. The number of benzene rings is 1. The van der Waals surface area contributed by atoms with Gasteiger partial charge in [-0.3, -0.25) is 4.68 Å². The van der Waals surface area contributed by atoms with Gasteiger partial charge in [-0.25, -0.2) is 4.79 Å². The molecule has 0 bridgehead atoms. The van der Waals surface area contributed by atoms with Gasteiger partial charge in [-0.05, 0) is 31.2 Å². The zero-order valence-electron chi connectivity index (χ0n) is 12.4. The number of nitrogens with one attached hydrogen (secondary N) is 1. The molecule has 1 heterocycles. The summed E-state index contributed by atoms with van der Waals surface area (Å²) < 4.78 is 11.7. The Hall–Kier alpha value is -2.50. The topological polar surface area (TPSA) is 65.4 Å². The molecule has 0 aliphatic carbocycles. The lowest BCUT2D eigenvalue weighted by Gasteiger charge is -2.16. The maximum absolute atomic E-state index is 12.0. The molecule has 1 unspecified atom stereocenters. The average molecular weight is 289 g/mol. The lowest BCUT2D eigenvalue weighted by molar-refractivity contribution is -0.141. The predicted molar refractivity (Wildman–Crippen MR) is 79.3 cm³/mol. The van der Waals surface area contributed by atoms with Gasteiger partial charge in [0.25, 0.3) is 0 Å². The van der Waals surface area contributed by atoms with Crippen molar-refractivity contribution in [2.24, 2.45) is 0 Å². The molecule has 6 nitrogen and oxygen atoms in total. The Morgan fingerprint density at radius 3 is 2.57 bits per heavy atom. The molecule has 0 saturated carbocycles. The van der Waals surface area contributed by atoms with E-state index in [0.717, 1.165) is 23.5 Å². The van der Waals surface area contributed by atoms with Crippen molar-refractivity contribution < 1.29 is 14.3 Å². The number of aryl methyl sites for hydroxylation is 1. The maximum atomic E-state index is 12.0. The summed E-state index contributed by atoms with van der Waals surface area (Å²) in [5, 5.41) is 7.34. The molecular weight excluding hydrogens is 270 g/mol. The minimum atomic E-state index is -0.594. The van der Waals surface area contributed by atoms with Gasteiger partial charge in [0.05, 0.1) is 20.4 Å². The number of carbonyl (C=O) groups is 1. The Kier molecular flexibility index (Phi) is 4.81. The molecule has 0 amide bonds. The molecule has 21 heavy (non-hydrogen) atoms. The van der Waals surface area contributed by atoms with E-state index in [4.69, 9.17) is 9.47 Å². The van der Waals surface area contributed by atoms with Crippen LogP contribution in [0.4, 0.5) is 5.69 Å². The van der Waals surface area contributed by atoms with E-state index >= 15 is 0 Å². The first-order chi connectivity index (χ1) is 10.2. The molecule has 0 aliphatic rings. The molecule has 0 spiro atoms. The Balaban J connectivity index is 2.21. The molecule has 0 fully saturated rings. The number of hydrogen-bond donors (Lipinski definition) is 1.